The highest BCUT2D eigenvalue weighted by molar-refractivity contribution is 7.80. The molecule has 1 rings (SSSR count). The predicted molar refractivity (Wildman–Crippen MR) is 85.9 cm³/mol. The summed E-state index contributed by atoms with van der Waals surface area (Å²) in [6.07, 6.45) is 0. The van der Waals surface area contributed by atoms with Crippen molar-refractivity contribution >= 4 is 17.2 Å². The van der Waals surface area contributed by atoms with E-state index in [-0.39, 0.29) is 16.8 Å². The van der Waals surface area contributed by atoms with E-state index in [4.69, 9.17) is 27.4 Å². The standard InChI is InChI=1S/C15H23FN2O2S/c1-11(10-20-3)18(6-7-19-2)9-13-5-4-12(15(17)21)8-14(13)16/h4-5,8,11H,6-7,9-10H2,1-3H3,(H2,17,21). The lowest BCUT2D eigenvalue weighted by atomic mass is 10.1. The van der Waals surface area contributed by atoms with Crippen LogP contribution in [0, 0.1) is 5.82 Å². The number of benzene rings is 1. The van der Waals surface area contributed by atoms with Gasteiger partial charge in [0.1, 0.15) is 10.8 Å². The van der Waals surface area contributed by atoms with Crippen LogP contribution in [0.1, 0.15) is 18.1 Å². The summed E-state index contributed by atoms with van der Waals surface area (Å²) in [5, 5.41) is 0. The fourth-order valence-electron chi connectivity index (χ4n) is 2.06. The highest BCUT2D eigenvalue weighted by Crippen LogP contribution is 2.15. The quantitative estimate of drug-likeness (QED) is 0.706. The van der Waals surface area contributed by atoms with E-state index in [9.17, 15) is 4.39 Å². The van der Waals surface area contributed by atoms with Crippen molar-refractivity contribution in [2.24, 2.45) is 5.73 Å². The van der Waals surface area contributed by atoms with Crippen molar-refractivity contribution in [2.45, 2.75) is 19.5 Å². The van der Waals surface area contributed by atoms with Crippen molar-refractivity contribution in [2.75, 3.05) is 34.0 Å². The number of methoxy groups -OCH3 is 2. The predicted octanol–water partition coefficient (Wildman–Crippen LogP) is 1.94. The fraction of sp³-hybridized carbons (Fsp3) is 0.533. The summed E-state index contributed by atoms with van der Waals surface area (Å²) < 4.78 is 24.4. The summed E-state index contributed by atoms with van der Waals surface area (Å²) in [7, 11) is 3.30. The van der Waals surface area contributed by atoms with Gasteiger partial charge in [-0.05, 0) is 13.0 Å². The Hall–Kier alpha value is -1.08. The van der Waals surface area contributed by atoms with E-state index >= 15 is 0 Å². The van der Waals surface area contributed by atoms with Crippen LogP contribution >= 0.6 is 12.2 Å². The zero-order valence-corrected chi connectivity index (χ0v) is 13.6. The first-order valence-corrected chi connectivity index (χ1v) is 7.20. The van der Waals surface area contributed by atoms with Gasteiger partial charge in [-0.3, -0.25) is 4.90 Å². The molecule has 0 aromatic heterocycles. The molecular weight excluding hydrogens is 291 g/mol. The first-order valence-electron chi connectivity index (χ1n) is 6.79. The highest BCUT2D eigenvalue weighted by atomic mass is 32.1. The number of hydrogen-bond acceptors (Lipinski definition) is 4. The Morgan fingerprint density at radius 2 is 2.10 bits per heavy atom. The van der Waals surface area contributed by atoms with Gasteiger partial charge in [0.05, 0.1) is 13.2 Å². The molecule has 4 nitrogen and oxygen atoms in total. The molecule has 0 saturated carbocycles. The first-order chi connectivity index (χ1) is 9.99. The van der Waals surface area contributed by atoms with Gasteiger partial charge in [0.25, 0.3) is 0 Å². The topological polar surface area (TPSA) is 47.7 Å². The average Bonchev–Trinajstić information content (AvgIpc) is 2.44. The maximum Gasteiger partial charge on any atom is 0.128 e. The van der Waals surface area contributed by atoms with Crippen LogP contribution in [0.4, 0.5) is 4.39 Å². The number of nitrogens with zero attached hydrogens (tertiary/aromatic N) is 1. The SMILES string of the molecule is COCCN(Cc1ccc(C(N)=S)cc1F)C(C)COC. The van der Waals surface area contributed by atoms with Crippen LogP contribution in [0.15, 0.2) is 18.2 Å². The third kappa shape index (κ3) is 5.67. The van der Waals surface area contributed by atoms with Gasteiger partial charge in [0.2, 0.25) is 0 Å². The molecule has 0 amide bonds. The fourth-order valence-corrected chi connectivity index (χ4v) is 2.19. The van der Waals surface area contributed by atoms with E-state index in [0.717, 1.165) is 0 Å². The summed E-state index contributed by atoms with van der Waals surface area (Å²) >= 11 is 4.85. The molecular formula is C15H23FN2O2S. The molecule has 118 valence electrons. The number of ether oxygens (including phenoxy) is 2. The normalized spacial score (nSPS) is 12.6. The van der Waals surface area contributed by atoms with Crippen molar-refractivity contribution in [3.05, 3.63) is 35.1 Å². The maximum atomic E-state index is 14.1. The number of rotatable bonds is 9. The van der Waals surface area contributed by atoms with E-state index in [0.29, 0.717) is 37.4 Å². The van der Waals surface area contributed by atoms with E-state index in [1.54, 1.807) is 26.4 Å². The number of nitrogens with two attached hydrogens (primary N) is 1. The molecule has 0 spiro atoms. The lowest BCUT2D eigenvalue weighted by Gasteiger charge is -2.28. The minimum absolute atomic E-state index is 0.166. The Labute approximate surface area is 131 Å². The third-order valence-corrected chi connectivity index (χ3v) is 3.56. The molecule has 0 aliphatic carbocycles. The van der Waals surface area contributed by atoms with Crippen LogP contribution in [-0.4, -0.2) is 49.9 Å². The number of thiocarbonyl (C=S) groups is 1. The zero-order valence-electron chi connectivity index (χ0n) is 12.8. The van der Waals surface area contributed by atoms with E-state index < -0.39 is 0 Å². The third-order valence-electron chi connectivity index (χ3n) is 3.32. The molecule has 6 heteroatoms. The monoisotopic (exact) mass is 314 g/mol. The number of hydrogen-bond donors (Lipinski definition) is 1. The molecule has 2 N–H and O–H groups in total. The Bertz CT molecular complexity index is 471. The van der Waals surface area contributed by atoms with E-state index in [1.165, 1.54) is 6.07 Å². The van der Waals surface area contributed by atoms with Gasteiger partial charge in [0, 0.05) is 44.5 Å². The van der Waals surface area contributed by atoms with E-state index in [2.05, 4.69) is 4.90 Å². The van der Waals surface area contributed by atoms with Crippen molar-refractivity contribution in [1.82, 2.24) is 4.90 Å². The Morgan fingerprint density at radius 3 is 2.62 bits per heavy atom. The van der Waals surface area contributed by atoms with Gasteiger partial charge in [-0.1, -0.05) is 24.4 Å². The van der Waals surface area contributed by atoms with Gasteiger partial charge in [-0.2, -0.15) is 0 Å². The molecule has 0 radical (unpaired) electrons. The molecule has 0 saturated heterocycles. The van der Waals surface area contributed by atoms with Crippen molar-refractivity contribution in [1.29, 1.82) is 0 Å². The van der Waals surface area contributed by atoms with Gasteiger partial charge in [0.15, 0.2) is 0 Å². The highest BCUT2D eigenvalue weighted by Gasteiger charge is 2.16. The molecule has 1 aromatic rings. The first kappa shape index (κ1) is 18.0. The maximum absolute atomic E-state index is 14.1. The van der Waals surface area contributed by atoms with Crippen LogP contribution in [0.3, 0.4) is 0 Å². The van der Waals surface area contributed by atoms with Gasteiger partial charge < -0.3 is 15.2 Å². The molecule has 0 heterocycles. The Balaban J connectivity index is 2.84. The van der Waals surface area contributed by atoms with Crippen LogP contribution < -0.4 is 5.73 Å². The molecule has 1 atom stereocenters. The zero-order chi connectivity index (χ0) is 15.8. The molecule has 0 aliphatic heterocycles. The van der Waals surface area contributed by atoms with Gasteiger partial charge in [-0.15, -0.1) is 0 Å². The minimum atomic E-state index is -0.299. The second-order valence-corrected chi connectivity index (χ2v) is 5.38. The van der Waals surface area contributed by atoms with Crippen LogP contribution in [-0.2, 0) is 16.0 Å². The second-order valence-electron chi connectivity index (χ2n) is 4.94. The van der Waals surface area contributed by atoms with Gasteiger partial charge >= 0.3 is 0 Å². The van der Waals surface area contributed by atoms with Gasteiger partial charge in [-0.25, -0.2) is 4.39 Å². The van der Waals surface area contributed by atoms with Crippen molar-refractivity contribution in [3.63, 3.8) is 0 Å². The Morgan fingerprint density at radius 1 is 1.38 bits per heavy atom. The second kappa shape index (κ2) is 9.04. The average molecular weight is 314 g/mol. The molecule has 0 bridgehead atoms. The lowest BCUT2D eigenvalue weighted by molar-refractivity contribution is 0.0698. The minimum Gasteiger partial charge on any atom is -0.389 e. The summed E-state index contributed by atoms with van der Waals surface area (Å²) in [5.74, 6) is -0.299. The molecule has 1 unspecified atom stereocenters. The summed E-state index contributed by atoms with van der Waals surface area (Å²) in [4.78, 5) is 2.32. The smallest absolute Gasteiger partial charge is 0.128 e. The Kier molecular flexibility index (Phi) is 7.74. The van der Waals surface area contributed by atoms with E-state index in [1.807, 2.05) is 6.92 Å². The summed E-state index contributed by atoms with van der Waals surface area (Å²) in [6.45, 7) is 4.40. The largest absolute Gasteiger partial charge is 0.389 e. The van der Waals surface area contributed by atoms with Crippen molar-refractivity contribution in [3.8, 4) is 0 Å². The van der Waals surface area contributed by atoms with Crippen LogP contribution in [0.2, 0.25) is 0 Å². The summed E-state index contributed by atoms with van der Waals surface area (Å²) in [6, 6.07) is 5.02. The van der Waals surface area contributed by atoms with Crippen LogP contribution in [0.25, 0.3) is 0 Å². The van der Waals surface area contributed by atoms with Crippen LogP contribution in [0.5, 0.6) is 0 Å². The molecule has 1 aromatic carbocycles. The lowest BCUT2D eigenvalue weighted by Crippen LogP contribution is -2.38. The summed E-state index contributed by atoms with van der Waals surface area (Å²) in [5.41, 5.74) is 6.66. The molecule has 0 fully saturated rings. The molecule has 21 heavy (non-hydrogen) atoms. The number of halogens is 1. The molecule has 0 aliphatic rings. The van der Waals surface area contributed by atoms with Crippen molar-refractivity contribution < 1.29 is 13.9 Å².